The Morgan fingerprint density at radius 1 is 1.19 bits per heavy atom. The summed E-state index contributed by atoms with van der Waals surface area (Å²) in [5.41, 5.74) is 0.626. The smallest absolute Gasteiger partial charge is 0.339 e. The molecule has 0 amide bonds. The van der Waals surface area contributed by atoms with Crippen LogP contribution in [0.1, 0.15) is 19.7 Å². The predicted octanol–water partition coefficient (Wildman–Crippen LogP) is 4.16. The monoisotopic (exact) mass is 330 g/mol. The maximum Gasteiger partial charge on any atom is 0.339 e. The average Bonchev–Trinajstić information content (AvgIpc) is 2.87. The fourth-order valence-electron chi connectivity index (χ4n) is 1.75. The van der Waals surface area contributed by atoms with Crippen molar-refractivity contribution in [2.24, 2.45) is 0 Å². The molecule has 21 heavy (non-hydrogen) atoms. The molecule has 1 aromatic heterocycles. The maximum absolute atomic E-state index is 12.4. The largest absolute Gasteiger partial charge is 0.420 e. The van der Waals surface area contributed by atoms with Gasteiger partial charge in [0.15, 0.2) is 0 Å². The maximum atomic E-state index is 12.4. The Kier molecular flexibility index (Phi) is 5.53. The van der Waals surface area contributed by atoms with Gasteiger partial charge in [-0.3, -0.25) is 4.57 Å². The molecule has 2 aromatic rings. The fraction of sp³-hybridized carbons (Fsp3) is 0.385. The van der Waals surface area contributed by atoms with Crippen molar-refractivity contribution in [3.8, 4) is 11.5 Å². The van der Waals surface area contributed by atoms with Gasteiger partial charge in [-0.05, 0) is 26.0 Å². The van der Waals surface area contributed by atoms with Crippen molar-refractivity contribution in [3.63, 3.8) is 0 Å². The molecule has 0 aliphatic rings. The van der Waals surface area contributed by atoms with Gasteiger partial charge in [-0.1, -0.05) is 23.7 Å². The molecule has 0 aliphatic heterocycles. The second-order valence-electron chi connectivity index (χ2n) is 4.09. The van der Waals surface area contributed by atoms with Crippen LogP contribution in [0.15, 0.2) is 28.7 Å². The molecule has 0 radical (unpaired) electrons. The highest BCUT2D eigenvalue weighted by atomic mass is 35.5. The molecule has 0 fully saturated rings. The molecule has 1 aromatic carbocycles. The Morgan fingerprint density at radius 3 is 2.48 bits per heavy atom. The molecule has 8 heteroatoms. The molecule has 0 spiro atoms. The Hall–Kier alpha value is -1.20. The number of aromatic nitrogens is 2. The minimum Gasteiger partial charge on any atom is -0.420 e. The van der Waals surface area contributed by atoms with Crippen LogP contribution < -0.4 is 0 Å². The van der Waals surface area contributed by atoms with E-state index in [1.54, 1.807) is 26.0 Å². The molecule has 0 atom stereocenters. The molecule has 0 unspecified atom stereocenters. The van der Waals surface area contributed by atoms with Gasteiger partial charge in [0, 0.05) is 0 Å². The van der Waals surface area contributed by atoms with Crippen LogP contribution in [-0.4, -0.2) is 23.4 Å². The summed E-state index contributed by atoms with van der Waals surface area (Å²) in [6.45, 7) is 4.05. The molecule has 2 rings (SSSR count). The Balaban J connectivity index is 2.20. The van der Waals surface area contributed by atoms with E-state index in [9.17, 15) is 4.57 Å². The molecule has 0 saturated carbocycles. The van der Waals surface area contributed by atoms with Crippen LogP contribution in [0.5, 0.6) is 0 Å². The fourth-order valence-corrected chi connectivity index (χ4v) is 3.47. The number of benzene rings is 1. The van der Waals surface area contributed by atoms with Gasteiger partial charge in [0.25, 0.3) is 0 Å². The SMILES string of the molecule is CCOP(=O)(Cc1nnc(-c2ccccc2Cl)o1)OCC. The lowest BCUT2D eigenvalue weighted by atomic mass is 10.2. The van der Waals surface area contributed by atoms with Crippen LogP contribution in [0.3, 0.4) is 0 Å². The number of rotatable bonds is 7. The van der Waals surface area contributed by atoms with Gasteiger partial charge in [-0.25, -0.2) is 0 Å². The molecule has 114 valence electrons. The van der Waals surface area contributed by atoms with E-state index in [0.29, 0.717) is 10.6 Å². The lowest BCUT2D eigenvalue weighted by Gasteiger charge is -2.14. The summed E-state index contributed by atoms with van der Waals surface area (Å²) in [5.74, 6) is 0.463. The van der Waals surface area contributed by atoms with Gasteiger partial charge in [0.2, 0.25) is 11.8 Å². The van der Waals surface area contributed by atoms with Crippen LogP contribution in [0.4, 0.5) is 0 Å². The first-order valence-corrected chi connectivity index (χ1v) is 8.64. The van der Waals surface area contributed by atoms with Crippen LogP contribution in [0.2, 0.25) is 5.02 Å². The first kappa shape index (κ1) is 16.2. The van der Waals surface area contributed by atoms with Gasteiger partial charge in [-0.2, -0.15) is 0 Å². The van der Waals surface area contributed by atoms with Crippen molar-refractivity contribution in [1.82, 2.24) is 10.2 Å². The highest BCUT2D eigenvalue weighted by Gasteiger charge is 2.27. The standard InChI is InChI=1S/C13H16ClN2O4P/c1-3-18-21(17,19-4-2)9-12-15-16-13(20-12)10-7-5-6-8-11(10)14/h5-8H,3-4,9H2,1-2H3. The Morgan fingerprint density at radius 2 is 1.86 bits per heavy atom. The zero-order valence-corrected chi connectivity index (χ0v) is 13.4. The van der Waals surface area contributed by atoms with Gasteiger partial charge in [0.05, 0.1) is 23.8 Å². The first-order chi connectivity index (χ1) is 10.1. The van der Waals surface area contributed by atoms with E-state index in [1.165, 1.54) is 0 Å². The lowest BCUT2D eigenvalue weighted by Crippen LogP contribution is -1.99. The van der Waals surface area contributed by atoms with Crippen molar-refractivity contribution >= 4 is 19.2 Å². The van der Waals surface area contributed by atoms with Crippen LogP contribution >= 0.6 is 19.2 Å². The van der Waals surface area contributed by atoms with E-state index in [2.05, 4.69) is 10.2 Å². The van der Waals surface area contributed by atoms with Crippen molar-refractivity contribution in [2.75, 3.05) is 13.2 Å². The second kappa shape index (κ2) is 7.18. The van der Waals surface area contributed by atoms with E-state index in [1.807, 2.05) is 12.1 Å². The van der Waals surface area contributed by atoms with Gasteiger partial charge >= 0.3 is 7.60 Å². The predicted molar refractivity (Wildman–Crippen MR) is 79.3 cm³/mol. The van der Waals surface area contributed by atoms with E-state index in [-0.39, 0.29) is 31.2 Å². The van der Waals surface area contributed by atoms with Crippen LogP contribution in [0, 0.1) is 0 Å². The van der Waals surface area contributed by atoms with Gasteiger partial charge < -0.3 is 13.5 Å². The molecule has 0 N–H and O–H groups in total. The first-order valence-electron chi connectivity index (χ1n) is 6.53. The summed E-state index contributed by atoms with van der Waals surface area (Å²) in [6, 6.07) is 7.12. The van der Waals surface area contributed by atoms with Crippen molar-refractivity contribution in [1.29, 1.82) is 0 Å². The summed E-state index contributed by atoms with van der Waals surface area (Å²) in [4.78, 5) is 0. The van der Waals surface area contributed by atoms with E-state index >= 15 is 0 Å². The topological polar surface area (TPSA) is 74.5 Å². The molecule has 0 aliphatic carbocycles. The average molecular weight is 331 g/mol. The van der Waals surface area contributed by atoms with E-state index in [0.717, 1.165) is 0 Å². The summed E-state index contributed by atoms with van der Waals surface area (Å²) in [7, 11) is -3.26. The zero-order valence-electron chi connectivity index (χ0n) is 11.8. The summed E-state index contributed by atoms with van der Waals surface area (Å²) in [5, 5.41) is 8.30. The van der Waals surface area contributed by atoms with Crippen LogP contribution in [-0.2, 0) is 19.8 Å². The summed E-state index contributed by atoms with van der Waals surface area (Å²) in [6.07, 6.45) is -0.0634. The molecule has 6 nitrogen and oxygen atoms in total. The number of hydrogen-bond donors (Lipinski definition) is 0. The summed E-state index contributed by atoms with van der Waals surface area (Å²) < 4.78 is 28.3. The van der Waals surface area contributed by atoms with Crippen LogP contribution in [0.25, 0.3) is 11.5 Å². The van der Waals surface area contributed by atoms with Gasteiger partial charge in [-0.15, -0.1) is 10.2 Å². The lowest BCUT2D eigenvalue weighted by molar-refractivity contribution is 0.217. The number of hydrogen-bond acceptors (Lipinski definition) is 6. The normalized spacial score (nSPS) is 11.8. The molecule has 0 bridgehead atoms. The third-order valence-electron chi connectivity index (χ3n) is 2.55. The van der Waals surface area contributed by atoms with Crippen molar-refractivity contribution in [3.05, 3.63) is 35.2 Å². The molecule has 1 heterocycles. The van der Waals surface area contributed by atoms with E-state index in [4.69, 9.17) is 25.1 Å². The molecular formula is C13H16ClN2O4P. The van der Waals surface area contributed by atoms with E-state index < -0.39 is 7.60 Å². The minimum absolute atomic E-state index is 0.0634. The second-order valence-corrected chi connectivity index (χ2v) is 6.55. The zero-order chi connectivity index (χ0) is 15.3. The van der Waals surface area contributed by atoms with Gasteiger partial charge in [0.1, 0.15) is 6.16 Å². The number of nitrogens with zero attached hydrogens (tertiary/aromatic N) is 2. The number of halogens is 1. The highest BCUT2D eigenvalue weighted by Crippen LogP contribution is 2.51. The Labute approximate surface area is 128 Å². The molecule has 0 saturated heterocycles. The highest BCUT2D eigenvalue weighted by molar-refractivity contribution is 7.52. The molecular weight excluding hydrogens is 315 g/mol. The third kappa shape index (κ3) is 4.14. The third-order valence-corrected chi connectivity index (χ3v) is 4.84. The summed E-state index contributed by atoms with van der Waals surface area (Å²) >= 11 is 6.07. The van der Waals surface area contributed by atoms with Crippen molar-refractivity contribution < 1.29 is 18.0 Å². The Bertz CT molecular complexity index is 637. The minimum atomic E-state index is -3.26. The van der Waals surface area contributed by atoms with Crippen molar-refractivity contribution in [2.45, 2.75) is 20.0 Å². The quantitative estimate of drug-likeness (QED) is 0.710.